The summed E-state index contributed by atoms with van der Waals surface area (Å²) in [6.45, 7) is 5.77. The van der Waals surface area contributed by atoms with Crippen molar-refractivity contribution in [1.29, 1.82) is 0 Å². The number of carbonyl (C=O) groups excluding carboxylic acids is 1. The van der Waals surface area contributed by atoms with Crippen LogP contribution in [0.5, 0.6) is 5.75 Å². The largest absolute Gasteiger partial charge is 0.497 e. The van der Waals surface area contributed by atoms with Crippen LogP contribution in [-0.4, -0.2) is 18.6 Å². The van der Waals surface area contributed by atoms with E-state index in [1.165, 1.54) is 0 Å². The van der Waals surface area contributed by atoms with E-state index in [0.717, 1.165) is 17.0 Å². The van der Waals surface area contributed by atoms with Crippen LogP contribution in [0.4, 0.5) is 5.69 Å². The molecule has 0 saturated heterocycles. The smallest absolute Gasteiger partial charge is 0.244 e. The standard InChI is InChI=1S/C14H22N2O2/c1-5-14(15,6-2)13(17)16-12-8-7-11(18-4)9-10(12)3/h7-9H,5-6,15H2,1-4H3,(H,16,17). The first-order chi connectivity index (χ1) is 8.46. The minimum atomic E-state index is -0.799. The number of methoxy groups -OCH3 is 1. The summed E-state index contributed by atoms with van der Waals surface area (Å²) < 4.78 is 5.13. The Balaban J connectivity index is 2.88. The third-order valence-corrected chi connectivity index (χ3v) is 3.40. The predicted octanol–water partition coefficient (Wildman–Crippen LogP) is 2.46. The number of nitrogens with two attached hydrogens (primary N) is 1. The maximum Gasteiger partial charge on any atom is 0.244 e. The van der Waals surface area contributed by atoms with Gasteiger partial charge >= 0.3 is 0 Å². The van der Waals surface area contributed by atoms with Crippen LogP contribution in [-0.2, 0) is 4.79 Å². The second-order valence-corrected chi connectivity index (χ2v) is 4.50. The van der Waals surface area contributed by atoms with Gasteiger partial charge in [0.05, 0.1) is 12.6 Å². The molecule has 0 radical (unpaired) electrons. The van der Waals surface area contributed by atoms with Crippen LogP contribution in [0.15, 0.2) is 18.2 Å². The molecule has 1 rings (SSSR count). The molecule has 0 aliphatic rings. The number of rotatable bonds is 5. The molecular formula is C14H22N2O2. The highest BCUT2D eigenvalue weighted by Crippen LogP contribution is 2.22. The van der Waals surface area contributed by atoms with Crippen molar-refractivity contribution in [2.45, 2.75) is 39.2 Å². The van der Waals surface area contributed by atoms with Gasteiger partial charge in [0.25, 0.3) is 0 Å². The van der Waals surface area contributed by atoms with Gasteiger partial charge in [-0.1, -0.05) is 13.8 Å². The van der Waals surface area contributed by atoms with E-state index in [0.29, 0.717) is 12.8 Å². The first kappa shape index (κ1) is 14.5. The number of benzene rings is 1. The first-order valence-corrected chi connectivity index (χ1v) is 6.21. The Kier molecular flexibility index (Phi) is 4.73. The Labute approximate surface area is 109 Å². The van der Waals surface area contributed by atoms with Gasteiger partial charge in [0.1, 0.15) is 5.75 Å². The molecule has 0 fully saturated rings. The van der Waals surface area contributed by atoms with E-state index < -0.39 is 5.54 Å². The molecule has 0 saturated carbocycles. The van der Waals surface area contributed by atoms with Crippen molar-refractivity contribution in [3.63, 3.8) is 0 Å². The second-order valence-electron chi connectivity index (χ2n) is 4.50. The van der Waals surface area contributed by atoms with Crippen LogP contribution < -0.4 is 15.8 Å². The molecule has 0 atom stereocenters. The monoisotopic (exact) mass is 250 g/mol. The van der Waals surface area contributed by atoms with Crippen LogP contribution in [0.25, 0.3) is 0 Å². The van der Waals surface area contributed by atoms with Crippen molar-refractivity contribution in [3.8, 4) is 5.75 Å². The number of hydrogen-bond donors (Lipinski definition) is 2. The molecule has 0 aliphatic carbocycles. The number of nitrogens with one attached hydrogen (secondary N) is 1. The number of carbonyl (C=O) groups is 1. The Morgan fingerprint density at radius 3 is 2.44 bits per heavy atom. The molecule has 1 amide bonds. The van der Waals surface area contributed by atoms with Gasteiger partial charge in [-0.05, 0) is 43.5 Å². The van der Waals surface area contributed by atoms with E-state index in [2.05, 4.69) is 5.32 Å². The van der Waals surface area contributed by atoms with Gasteiger partial charge in [0.15, 0.2) is 0 Å². The summed E-state index contributed by atoms with van der Waals surface area (Å²) in [4.78, 5) is 12.1. The molecule has 0 aromatic heterocycles. The first-order valence-electron chi connectivity index (χ1n) is 6.21. The van der Waals surface area contributed by atoms with Crippen molar-refractivity contribution in [2.24, 2.45) is 5.73 Å². The minimum Gasteiger partial charge on any atom is -0.497 e. The fourth-order valence-electron chi connectivity index (χ4n) is 1.72. The third kappa shape index (κ3) is 3.01. The Bertz CT molecular complexity index is 426. The Hall–Kier alpha value is -1.55. The highest BCUT2D eigenvalue weighted by Gasteiger charge is 2.30. The number of ether oxygens (including phenoxy) is 1. The van der Waals surface area contributed by atoms with Crippen LogP contribution in [0.2, 0.25) is 0 Å². The minimum absolute atomic E-state index is 0.138. The fraction of sp³-hybridized carbons (Fsp3) is 0.500. The molecule has 4 nitrogen and oxygen atoms in total. The number of anilines is 1. The Morgan fingerprint density at radius 2 is 2.00 bits per heavy atom. The van der Waals surface area contributed by atoms with E-state index in [1.807, 2.05) is 39.0 Å². The van der Waals surface area contributed by atoms with Crippen molar-refractivity contribution < 1.29 is 9.53 Å². The van der Waals surface area contributed by atoms with Crippen LogP contribution in [0.3, 0.4) is 0 Å². The van der Waals surface area contributed by atoms with Crippen molar-refractivity contribution in [1.82, 2.24) is 0 Å². The normalized spacial score (nSPS) is 11.2. The lowest BCUT2D eigenvalue weighted by molar-refractivity contribution is -0.121. The number of aryl methyl sites for hydroxylation is 1. The van der Waals surface area contributed by atoms with Gasteiger partial charge in [-0.25, -0.2) is 0 Å². The summed E-state index contributed by atoms with van der Waals surface area (Å²) in [5, 5.41) is 2.88. The maximum absolute atomic E-state index is 12.1. The van der Waals surface area contributed by atoms with Crippen molar-refractivity contribution in [3.05, 3.63) is 23.8 Å². The van der Waals surface area contributed by atoms with E-state index in [9.17, 15) is 4.79 Å². The predicted molar refractivity (Wildman–Crippen MR) is 73.9 cm³/mol. The maximum atomic E-state index is 12.1. The average Bonchev–Trinajstić information content (AvgIpc) is 2.39. The topological polar surface area (TPSA) is 64.4 Å². The fourth-order valence-corrected chi connectivity index (χ4v) is 1.72. The highest BCUT2D eigenvalue weighted by atomic mass is 16.5. The van der Waals surface area contributed by atoms with Gasteiger partial charge in [-0.2, -0.15) is 0 Å². The highest BCUT2D eigenvalue weighted by molar-refractivity contribution is 5.98. The molecule has 1 aromatic rings. The van der Waals surface area contributed by atoms with Crippen molar-refractivity contribution >= 4 is 11.6 Å². The molecule has 3 N–H and O–H groups in total. The summed E-state index contributed by atoms with van der Waals surface area (Å²) in [6, 6.07) is 5.53. The number of amides is 1. The molecule has 0 spiro atoms. The quantitative estimate of drug-likeness (QED) is 0.843. The molecule has 0 unspecified atom stereocenters. The van der Waals surface area contributed by atoms with Gasteiger partial charge in [0, 0.05) is 5.69 Å². The zero-order chi connectivity index (χ0) is 13.8. The molecule has 0 heterocycles. The van der Waals surface area contributed by atoms with Crippen molar-refractivity contribution in [2.75, 3.05) is 12.4 Å². The zero-order valence-electron chi connectivity index (χ0n) is 11.5. The Morgan fingerprint density at radius 1 is 1.39 bits per heavy atom. The van der Waals surface area contributed by atoms with E-state index in [-0.39, 0.29) is 5.91 Å². The summed E-state index contributed by atoms with van der Waals surface area (Å²) in [5.41, 5.74) is 6.99. The van der Waals surface area contributed by atoms with E-state index in [4.69, 9.17) is 10.5 Å². The summed E-state index contributed by atoms with van der Waals surface area (Å²) in [5.74, 6) is 0.635. The average molecular weight is 250 g/mol. The lowest BCUT2D eigenvalue weighted by Gasteiger charge is -2.25. The molecule has 4 heteroatoms. The SMILES string of the molecule is CCC(N)(CC)C(=O)Nc1ccc(OC)cc1C. The number of hydrogen-bond acceptors (Lipinski definition) is 3. The molecular weight excluding hydrogens is 228 g/mol. The van der Waals surface area contributed by atoms with Gasteiger partial charge in [-0.15, -0.1) is 0 Å². The van der Waals surface area contributed by atoms with Crippen LogP contribution in [0.1, 0.15) is 32.3 Å². The second kappa shape index (κ2) is 5.87. The lowest BCUT2D eigenvalue weighted by Crippen LogP contribution is -2.50. The summed E-state index contributed by atoms with van der Waals surface area (Å²) in [7, 11) is 1.62. The van der Waals surface area contributed by atoms with Crippen LogP contribution in [0, 0.1) is 6.92 Å². The zero-order valence-corrected chi connectivity index (χ0v) is 11.5. The molecule has 100 valence electrons. The molecule has 0 aliphatic heterocycles. The van der Waals surface area contributed by atoms with Crippen LogP contribution >= 0.6 is 0 Å². The van der Waals surface area contributed by atoms with Gasteiger partial charge in [0.2, 0.25) is 5.91 Å². The molecule has 1 aromatic carbocycles. The van der Waals surface area contributed by atoms with Gasteiger partial charge < -0.3 is 15.8 Å². The summed E-state index contributed by atoms with van der Waals surface area (Å²) >= 11 is 0. The molecule has 0 bridgehead atoms. The lowest BCUT2D eigenvalue weighted by atomic mass is 9.93. The third-order valence-electron chi connectivity index (χ3n) is 3.40. The van der Waals surface area contributed by atoms with E-state index in [1.54, 1.807) is 7.11 Å². The summed E-state index contributed by atoms with van der Waals surface area (Å²) in [6.07, 6.45) is 1.23. The van der Waals surface area contributed by atoms with E-state index >= 15 is 0 Å². The molecule has 18 heavy (non-hydrogen) atoms. The van der Waals surface area contributed by atoms with Gasteiger partial charge in [-0.3, -0.25) is 4.79 Å².